The monoisotopic (exact) mass is 344 g/mol. The zero-order valence-electron chi connectivity index (χ0n) is 14.9. The molecule has 0 bridgehead atoms. The quantitative estimate of drug-likeness (QED) is 0.724. The molecule has 0 radical (unpaired) electrons. The van der Waals surface area contributed by atoms with Gasteiger partial charge in [-0.05, 0) is 35.2 Å². The molecule has 5 heteroatoms. The van der Waals surface area contributed by atoms with E-state index in [1.807, 2.05) is 18.2 Å². The number of fused-ring (bicyclic) bond motifs is 1. The minimum absolute atomic E-state index is 0.0607. The van der Waals surface area contributed by atoms with E-state index in [1.54, 1.807) is 24.3 Å². The van der Waals surface area contributed by atoms with Gasteiger partial charge in [0.1, 0.15) is 0 Å². The van der Waals surface area contributed by atoms with Gasteiger partial charge in [0, 0.05) is 25.7 Å². The molecule has 0 spiro atoms. The lowest BCUT2D eigenvalue weighted by Crippen LogP contribution is -2.24. The Labute approximate surface area is 152 Å². The van der Waals surface area contributed by atoms with E-state index in [2.05, 4.69) is 46.3 Å². The Hall–Kier alpha value is -3.08. The molecule has 4 rings (SSSR count). The van der Waals surface area contributed by atoms with Crippen molar-refractivity contribution in [3.8, 4) is 0 Å². The van der Waals surface area contributed by atoms with Gasteiger partial charge < -0.3 is 0 Å². The van der Waals surface area contributed by atoms with Gasteiger partial charge in [0.05, 0.1) is 22.8 Å². The van der Waals surface area contributed by atoms with Crippen molar-refractivity contribution in [1.82, 2.24) is 15.0 Å². The molecule has 5 nitrogen and oxygen atoms in total. The number of benzene rings is 2. The van der Waals surface area contributed by atoms with Crippen molar-refractivity contribution in [2.24, 2.45) is 5.10 Å². The van der Waals surface area contributed by atoms with Crippen molar-refractivity contribution in [2.45, 2.75) is 32.7 Å². The fourth-order valence-electron chi connectivity index (χ4n) is 3.36. The number of aryl methyl sites for hydroxylation is 1. The second-order valence-electron chi connectivity index (χ2n) is 6.49. The molecule has 1 aliphatic rings. The summed E-state index contributed by atoms with van der Waals surface area (Å²) >= 11 is 0. The zero-order valence-corrected chi connectivity index (χ0v) is 14.9. The molecule has 0 aliphatic carbocycles. The van der Waals surface area contributed by atoms with Gasteiger partial charge in [-0.2, -0.15) is 5.10 Å². The van der Waals surface area contributed by atoms with Crippen LogP contribution >= 0.6 is 0 Å². The summed E-state index contributed by atoms with van der Waals surface area (Å²) in [6.07, 6.45) is 5.06. The van der Waals surface area contributed by atoms with Gasteiger partial charge in [-0.3, -0.25) is 14.8 Å². The van der Waals surface area contributed by atoms with Crippen LogP contribution in [0.4, 0.5) is 0 Å². The molecule has 0 N–H and O–H groups in total. The molecule has 2 heterocycles. The zero-order chi connectivity index (χ0) is 18.1. The maximum Gasteiger partial charge on any atom is 0.240 e. The van der Waals surface area contributed by atoms with E-state index >= 15 is 0 Å². The van der Waals surface area contributed by atoms with Crippen molar-refractivity contribution >= 4 is 22.7 Å². The molecule has 2 aromatic carbocycles. The molecule has 1 aromatic heterocycles. The van der Waals surface area contributed by atoms with Crippen molar-refractivity contribution in [2.75, 3.05) is 0 Å². The summed E-state index contributed by atoms with van der Waals surface area (Å²) in [5, 5.41) is 6.20. The van der Waals surface area contributed by atoms with Gasteiger partial charge in [-0.1, -0.05) is 37.3 Å². The number of hydrazone groups is 1. The number of carbonyl (C=O) groups excluding carboxylic acids is 1. The van der Waals surface area contributed by atoms with Crippen LogP contribution < -0.4 is 0 Å². The number of rotatable bonds is 3. The summed E-state index contributed by atoms with van der Waals surface area (Å²) in [7, 11) is 0. The Morgan fingerprint density at radius 3 is 2.50 bits per heavy atom. The van der Waals surface area contributed by atoms with Crippen LogP contribution in [0.3, 0.4) is 0 Å². The highest BCUT2D eigenvalue weighted by Crippen LogP contribution is 2.33. The molecule has 3 aromatic rings. The molecular formula is C21H20N4O. The normalized spacial score (nSPS) is 16.8. The molecule has 0 fully saturated rings. The van der Waals surface area contributed by atoms with E-state index in [4.69, 9.17) is 0 Å². The average molecular weight is 344 g/mol. The van der Waals surface area contributed by atoms with Crippen molar-refractivity contribution in [3.05, 3.63) is 71.5 Å². The number of aromatic nitrogens is 2. The first-order chi connectivity index (χ1) is 12.7. The third kappa shape index (κ3) is 2.96. The largest absolute Gasteiger partial charge is 0.273 e. The highest BCUT2D eigenvalue weighted by Gasteiger charge is 2.31. The highest BCUT2D eigenvalue weighted by atomic mass is 16.2. The molecular weight excluding hydrogens is 324 g/mol. The van der Waals surface area contributed by atoms with Crippen molar-refractivity contribution in [1.29, 1.82) is 0 Å². The summed E-state index contributed by atoms with van der Waals surface area (Å²) < 4.78 is 0. The molecule has 26 heavy (non-hydrogen) atoms. The van der Waals surface area contributed by atoms with E-state index < -0.39 is 0 Å². The Kier molecular flexibility index (Phi) is 4.21. The van der Waals surface area contributed by atoms with Gasteiger partial charge in [0.15, 0.2) is 0 Å². The second kappa shape index (κ2) is 6.67. The fourth-order valence-corrected chi connectivity index (χ4v) is 3.36. The molecule has 0 unspecified atom stereocenters. The van der Waals surface area contributed by atoms with Gasteiger partial charge >= 0.3 is 0 Å². The van der Waals surface area contributed by atoms with Crippen LogP contribution in [0.25, 0.3) is 11.0 Å². The van der Waals surface area contributed by atoms with Gasteiger partial charge in [0.25, 0.3) is 0 Å². The summed E-state index contributed by atoms with van der Waals surface area (Å²) in [6, 6.07) is 14.3. The lowest BCUT2D eigenvalue weighted by atomic mass is 9.97. The summed E-state index contributed by atoms with van der Waals surface area (Å²) in [5.41, 5.74) is 6.00. The molecule has 0 saturated heterocycles. The first kappa shape index (κ1) is 16.4. The Bertz CT molecular complexity index is 994. The SMILES string of the molecule is CCc1ccc(C2=NN(C(C)=O)[C@@H](c3ccc4nccnc4c3)C2)cc1. The predicted molar refractivity (Wildman–Crippen MR) is 102 cm³/mol. The van der Waals surface area contributed by atoms with Crippen LogP contribution in [0, 0.1) is 0 Å². The molecule has 1 amide bonds. The van der Waals surface area contributed by atoms with Crippen molar-refractivity contribution in [3.63, 3.8) is 0 Å². The molecule has 130 valence electrons. The van der Waals surface area contributed by atoms with Gasteiger partial charge in [-0.25, -0.2) is 5.01 Å². The van der Waals surface area contributed by atoms with Gasteiger partial charge in [0.2, 0.25) is 5.91 Å². The van der Waals surface area contributed by atoms with E-state index in [1.165, 1.54) is 5.56 Å². The predicted octanol–water partition coefficient (Wildman–Crippen LogP) is 3.89. The maximum absolute atomic E-state index is 12.2. The van der Waals surface area contributed by atoms with E-state index in [-0.39, 0.29) is 11.9 Å². The number of hydrogen-bond donors (Lipinski definition) is 0. The minimum Gasteiger partial charge on any atom is -0.273 e. The first-order valence-electron chi connectivity index (χ1n) is 8.83. The Balaban J connectivity index is 1.68. The summed E-state index contributed by atoms with van der Waals surface area (Å²) in [4.78, 5) is 20.8. The highest BCUT2D eigenvalue weighted by molar-refractivity contribution is 6.03. The smallest absolute Gasteiger partial charge is 0.240 e. The van der Waals surface area contributed by atoms with Crippen molar-refractivity contribution < 1.29 is 4.79 Å². The van der Waals surface area contributed by atoms with Crippen LogP contribution in [0.2, 0.25) is 0 Å². The Morgan fingerprint density at radius 1 is 1.08 bits per heavy atom. The Morgan fingerprint density at radius 2 is 1.81 bits per heavy atom. The number of hydrogen-bond acceptors (Lipinski definition) is 4. The molecule has 0 saturated carbocycles. The van der Waals surface area contributed by atoms with Crippen LogP contribution in [0.15, 0.2) is 60.0 Å². The van der Waals surface area contributed by atoms with Crippen LogP contribution in [-0.4, -0.2) is 26.6 Å². The third-order valence-electron chi connectivity index (χ3n) is 4.81. The topological polar surface area (TPSA) is 58.5 Å². The van der Waals surface area contributed by atoms with Crippen LogP contribution in [0.1, 0.15) is 43.0 Å². The van der Waals surface area contributed by atoms with E-state index in [9.17, 15) is 4.79 Å². The summed E-state index contributed by atoms with van der Waals surface area (Å²) in [5.74, 6) is -0.0607. The standard InChI is InChI=1S/C21H20N4O/c1-3-15-4-6-16(7-5-15)19-13-21(25(24-19)14(2)26)17-8-9-18-20(12-17)23-11-10-22-18/h4-12,21H,3,13H2,1-2H3/t21-/m1/s1. The van der Waals surface area contributed by atoms with E-state index in [0.29, 0.717) is 6.42 Å². The summed E-state index contributed by atoms with van der Waals surface area (Å²) in [6.45, 7) is 3.69. The maximum atomic E-state index is 12.2. The molecule has 1 aliphatic heterocycles. The van der Waals surface area contributed by atoms with Gasteiger partial charge in [-0.15, -0.1) is 0 Å². The fraction of sp³-hybridized carbons (Fsp3) is 0.238. The molecule has 1 atom stereocenters. The number of nitrogens with zero attached hydrogens (tertiary/aromatic N) is 4. The average Bonchev–Trinajstić information content (AvgIpc) is 3.13. The minimum atomic E-state index is -0.111. The van der Waals surface area contributed by atoms with Crippen LogP contribution in [0.5, 0.6) is 0 Å². The first-order valence-corrected chi connectivity index (χ1v) is 8.83. The van der Waals surface area contributed by atoms with E-state index in [0.717, 1.165) is 34.3 Å². The lowest BCUT2D eigenvalue weighted by molar-refractivity contribution is -0.130. The van der Waals surface area contributed by atoms with Crippen LogP contribution in [-0.2, 0) is 11.2 Å². The lowest BCUT2D eigenvalue weighted by Gasteiger charge is -2.20. The number of amides is 1. The third-order valence-corrected chi connectivity index (χ3v) is 4.81. The second-order valence-corrected chi connectivity index (χ2v) is 6.49. The number of carbonyl (C=O) groups is 1.